The van der Waals surface area contributed by atoms with Gasteiger partial charge in [-0.15, -0.1) is 0 Å². The average Bonchev–Trinajstić information content (AvgIpc) is 2.58. The van der Waals surface area contributed by atoms with Crippen LogP contribution in [0, 0.1) is 0 Å². The first-order valence-corrected chi connectivity index (χ1v) is 5.66. The molecule has 4 heteroatoms. The number of nitrogens with zero attached hydrogens (tertiary/aromatic N) is 3. The summed E-state index contributed by atoms with van der Waals surface area (Å²) < 4.78 is 0. The minimum Gasteiger partial charge on any atom is -0.341 e. The first-order valence-electron chi connectivity index (χ1n) is 5.66. The van der Waals surface area contributed by atoms with Crippen molar-refractivity contribution in [3.8, 4) is 0 Å². The van der Waals surface area contributed by atoms with Crippen molar-refractivity contribution in [2.24, 2.45) is 5.73 Å². The first-order chi connectivity index (χ1) is 7.40. The first kappa shape index (κ1) is 10.4. The average molecular weight is 206 g/mol. The minimum absolute atomic E-state index is 0.514. The third kappa shape index (κ3) is 2.65. The van der Waals surface area contributed by atoms with Gasteiger partial charge in [0.2, 0.25) is 5.95 Å². The summed E-state index contributed by atoms with van der Waals surface area (Å²) in [6.45, 7) is 2.68. The van der Waals surface area contributed by atoms with E-state index in [0.29, 0.717) is 6.54 Å². The van der Waals surface area contributed by atoms with Crippen molar-refractivity contribution in [2.75, 3.05) is 18.0 Å². The Kier molecular flexibility index (Phi) is 3.50. The maximum absolute atomic E-state index is 5.51. The van der Waals surface area contributed by atoms with Crippen molar-refractivity contribution < 1.29 is 0 Å². The Labute approximate surface area is 90.5 Å². The lowest BCUT2D eigenvalue weighted by Crippen LogP contribution is -2.26. The number of hydrogen-bond acceptors (Lipinski definition) is 4. The lowest BCUT2D eigenvalue weighted by atomic mass is 10.2. The second-order valence-electron chi connectivity index (χ2n) is 4.00. The van der Waals surface area contributed by atoms with Gasteiger partial charge in [0.25, 0.3) is 0 Å². The van der Waals surface area contributed by atoms with Gasteiger partial charge in [0.05, 0.1) is 0 Å². The number of nitrogens with two attached hydrogens (primary N) is 1. The molecule has 1 aromatic rings. The molecular formula is C11H18N4. The number of rotatable bonds is 2. The molecule has 2 N–H and O–H groups in total. The summed E-state index contributed by atoms with van der Waals surface area (Å²) in [6.07, 6.45) is 8.82. The van der Waals surface area contributed by atoms with Crippen LogP contribution in [0.15, 0.2) is 12.4 Å². The van der Waals surface area contributed by atoms with Gasteiger partial charge in [-0.1, -0.05) is 12.8 Å². The van der Waals surface area contributed by atoms with Crippen molar-refractivity contribution in [3.63, 3.8) is 0 Å². The Morgan fingerprint density at radius 2 is 1.67 bits per heavy atom. The zero-order valence-electron chi connectivity index (χ0n) is 9.02. The fourth-order valence-electron chi connectivity index (χ4n) is 1.89. The molecule has 0 bridgehead atoms. The Hall–Kier alpha value is -1.16. The molecule has 0 radical (unpaired) electrons. The van der Waals surface area contributed by atoms with Gasteiger partial charge in [0.1, 0.15) is 0 Å². The highest BCUT2D eigenvalue weighted by atomic mass is 15.2. The van der Waals surface area contributed by atoms with E-state index in [9.17, 15) is 0 Å². The minimum atomic E-state index is 0.514. The quantitative estimate of drug-likeness (QED) is 0.792. The Morgan fingerprint density at radius 1 is 1.07 bits per heavy atom. The number of hydrogen-bond donors (Lipinski definition) is 1. The van der Waals surface area contributed by atoms with Crippen LogP contribution in [0.2, 0.25) is 0 Å². The van der Waals surface area contributed by atoms with Gasteiger partial charge in [-0.25, -0.2) is 9.97 Å². The van der Waals surface area contributed by atoms with E-state index in [1.54, 1.807) is 0 Å². The second kappa shape index (κ2) is 5.07. The van der Waals surface area contributed by atoms with Crippen LogP contribution in [0.25, 0.3) is 0 Å². The molecule has 0 amide bonds. The number of aromatic nitrogens is 2. The van der Waals surface area contributed by atoms with E-state index in [-0.39, 0.29) is 0 Å². The summed E-state index contributed by atoms with van der Waals surface area (Å²) >= 11 is 0. The van der Waals surface area contributed by atoms with Gasteiger partial charge in [-0.2, -0.15) is 0 Å². The highest BCUT2D eigenvalue weighted by molar-refractivity contribution is 5.29. The molecule has 82 valence electrons. The predicted octanol–water partition coefficient (Wildman–Crippen LogP) is 1.32. The summed E-state index contributed by atoms with van der Waals surface area (Å²) in [5, 5.41) is 0. The summed E-state index contributed by atoms with van der Waals surface area (Å²) in [6, 6.07) is 0. The van der Waals surface area contributed by atoms with Gasteiger partial charge < -0.3 is 10.6 Å². The van der Waals surface area contributed by atoms with Crippen LogP contribution in [0.5, 0.6) is 0 Å². The van der Waals surface area contributed by atoms with Crippen LogP contribution in [0.1, 0.15) is 31.2 Å². The highest BCUT2D eigenvalue weighted by Gasteiger charge is 2.11. The second-order valence-corrected chi connectivity index (χ2v) is 4.00. The van der Waals surface area contributed by atoms with Crippen LogP contribution in [0.4, 0.5) is 5.95 Å². The molecule has 2 rings (SSSR count). The van der Waals surface area contributed by atoms with Crippen LogP contribution in [-0.2, 0) is 6.54 Å². The highest BCUT2D eigenvalue weighted by Crippen LogP contribution is 2.14. The van der Waals surface area contributed by atoms with E-state index < -0.39 is 0 Å². The van der Waals surface area contributed by atoms with Crippen molar-refractivity contribution in [3.05, 3.63) is 18.0 Å². The van der Waals surface area contributed by atoms with Crippen molar-refractivity contribution in [2.45, 2.75) is 32.2 Å². The van der Waals surface area contributed by atoms with Crippen LogP contribution < -0.4 is 10.6 Å². The maximum atomic E-state index is 5.51. The molecule has 15 heavy (non-hydrogen) atoms. The fourth-order valence-corrected chi connectivity index (χ4v) is 1.89. The molecule has 0 spiro atoms. The smallest absolute Gasteiger partial charge is 0.225 e. The number of anilines is 1. The van der Waals surface area contributed by atoms with Crippen LogP contribution >= 0.6 is 0 Å². The largest absolute Gasteiger partial charge is 0.341 e. The fraction of sp³-hybridized carbons (Fsp3) is 0.636. The third-order valence-corrected chi connectivity index (χ3v) is 2.82. The van der Waals surface area contributed by atoms with E-state index in [2.05, 4.69) is 14.9 Å². The lowest BCUT2D eigenvalue weighted by molar-refractivity contribution is 0.726. The zero-order valence-corrected chi connectivity index (χ0v) is 9.02. The van der Waals surface area contributed by atoms with Crippen LogP contribution in [-0.4, -0.2) is 23.1 Å². The predicted molar refractivity (Wildman–Crippen MR) is 60.6 cm³/mol. The van der Waals surface area contributed by atoms with Gasteiger partial charge in [0, 0.05) is 37.6 Å². The van der Waals surface area contributed by atoms with E-state index >= 15 is 0 Å². The molecule has 0 aliphatic carbocycles. The molecule has 0 aromatic carbocycles. The molecule has 1 aliphatic heterocycles. The van der Waals surface area contributed by atoms with Crippen molar-refractivity contribution in [1.29, 1.82) is 0 Å². The molecule has 1 fully saturated rings. The van der Waals surface area contributed by atoms with Gasteiger partial charge in [-0.3, -0.25) is 0 Å². The summed E-state index contributed by atoms with van der Waals surface area (Å²) in [4.78, 5) is 11.0. The normalized spacial score (nSPS) is 17.5. The molecule has 0 atom stereocenters. The summed E-state index contributed by atoms with van der Waals surface area (Å²) in [7, 11) is 0. The van der Waals surface area contributed by atoms with E-state index in [1.165, 1.54) is 25.7 Å². The topological polar surface area (TPSA) is 55.0 Å². The Bertz CT molecular complexity index is 288. The molecule has 1 aromatic heterocycles. The molecule has 1 aliphatic rings. The molecule has 2 heterocycles. The molecule has 0 unspecified atom stereocenters. The van der Waals surface area contributed by atoms with Crippen molar-refractivity contribution >= 4 is 5.95 Å². The summed E-state index contributed by atoms with van der Waals surface area (Å²) in [5.41, 5.74) is 6.50. The van der Waals surface area contributed by atoms with Gasteiger partial charge in [-0.05, 0) is 12.8 Å². The molecular weight excluding hydrogens is 188 g/mol. The maximum Gasteiger partial charge on any atom is 0.225 e. The van der Waals surface area contributed by atoms with E-state index in [4.69, 9.17) is 5.73 Å². The van der Waals surface area contributed by atoms with Gasteiger partial charge in [0.15, 0.2) is 0 Å². The Balaban J connectivity index is 2.06. The Morgan fingerprint density at radius 3 is 2.20 bits per heavy atom. The summed E-state index contributed by atoms with van der Waals surface area (Å²) in [5.74, 6) is 0.856. The monoisotopic (exact) mass is 206 g/mol. The van der Waals surface area contributed by atoms with Crippen molar-refractivity contribution in [1.82, 2.24) is 9.97 Å². The van der Waals surface area contributed by atoms with Crippen LogP contribution in [0.3, 0.4) is 0 Å². The third-order valence-electron chi connectivity index (χ3n) is 2.82. The lowest BCUT2D eigenvalue weighted by Gasteiger charge is -2.19. The molecule has 4 nitrogen and oxygen atoms in total. The van der Waals surface area contributed by atoms with E-state index in [1.807, 2.05) is 12.4 Å². The van der Waals surface area contributed by atoms with Gasteiger partial charge >= 0.3 is 0 Å². The molecule has 0 saturated carbocycles. The standard InChI is InChI=1S/C11H18N4/c12-7-10-8-13-11(14-9-10)15-5-3-1-2-4-6-15/h8-9H,1-7,12H2. The SMILES string of the molecule is NCc1cnc(N2CCCCCC2)nc1. The zero-order chi connectivity index (χ0) is 10.5. The van der Waals surface area contributed by atoms with E-state index in [0.717, 1.165) is 24.6 Å². The molecule has 1 saturated heterocycles.